The Morgan fingerprint density at radius 2 is 1.73 bits per heavy atom. The highest BCUT2D eigenvalue weighted by atomic mass is 16.3. The molecule has 0 aliphatic carbocycles. The molecule has 0 saturated carbocycles. The number of carbonyl (C=O) groups is 2. The van der Waals surface area contributed by atoms with Crippen LogP contribution in [-0.2, 0) is 18.4 Å². The predicted molar refractivity (Wildman–Crippen MR) is 175 cm³/mol. The van der Waals surface area contributed by atoms with Crippen molar-refractivity contribution in [1.29, 1.82) is 0 Å². The minimum Gasteiger partial charge on any atom is -0.446 e. The largest absolute Gasteiger partial charge is 0.446 e. The number of hydrogen-bond acceptors (Lipinski definition) is 6. The second-order valence-electron chi connectivity index (χ2n) is 13.0. The normalized spacial score (nSPS) is 16.4. The second-order valence-corrected chi connectivity index (χ2v) is 13.0. The van der Waals surface area contributed by atoms with E-state index < -0.39 is 12.1 Å². The van der Waals surface area contributed by atoms with Gasteiger partial charge in [0.2, 0.25) is 5.89 Å². The fourth-order valence-corrected chi connectivity index (χ4v) is 5.81. The molecule has 236 valence electrons. The number of oxazole rings is 1. The van der Waals surface area contributed by atoms with Crippen molar-refractivity contribution < 1.29 is 19.1 Å². The fourth-order valence-electron chi connectivity index (χ4n) is 5.81. The Kier molecular flexibility index (Phi) is 10.2. The third-order valence-corrected chi connectivity index (χ3v) is 8.36. The zero-order chi connectivity index (χ0) is 32.0. The van der Waals surface area contributed by atoms with Crippen LogP contribution in [0.3, 0.4) is 0 Å². The molecule has 3 N–H and O–H groups in total. The average Bonchev–Trinajstić information content (AvgIpc) is 3.70. The average molecular weight is 609 g/mol. The van der Waals surface area contributed by atoms with Crippen LogP contribution in [0.25, 0.3) is 0 Å². The third-order valence-electron chi connectivity index (χ3n) is 8.36. The summed E-state index contributed by atoms with van der Waals surface area (Å²) in [5, 5.41) is 17.7. The molecule has 4 aromatic rings. The van der Waals surface area contributed by atoms with E-state index in [0.29, 0.717) is 43.1 Å². The summed E-state index contributed by atoms with van der Waals surface area (Å²) in [6.07, 6.45) is 2.84. The molecular formula is C37H44N4O4. The van der Waals surface area contributed by atoms with E-state index in [9.17, 15) is 14.7 Å². The van der Waals surface area contributed by atoms with E-state index in [4.69, 9.17) is 4.42 Å². The van der Waals surface area contributed by atoms with Gasteiger partial charge in [0.1, 0.15) is 12.3 Å². The molecule has 2 heterocycles. The first kappa shape index (κ1) is 32.1. The smallest absolute Gasteiger partial charge is 0.254 e. The van der Waals surface area contributed by atoms with Crippen molar-refractivity contribution in [1.82, 2.24) is 20.5 Å². The Morgan fingerprint density at radius 3 is 2.47 bits per heavy atom. The van der Waals surface area contributed by atoms with Gasteiger partial charge in [-0.25, -0.2) is 4.98 Å². The molecule has 8 heteroatoms. The van der Waals surface area contributed by atoms with Crippen molar-refractivity contribution >= 4 is 11.8 Å². The highest BCUT2D eigenvalue weighted by Gasteiger charge is 2.34. The Hall–Kier alpha value is -4.27. The number of aryl methyl sites for hydroxylation is 1. The molecule has 8 nitrogen and oxygen atoms in total. The van der Waals surface area contributed by atoms with Gasteiger partial charge in [-0.15, -0.1) is 0 Å². The number of nitrogens with one attached hydrogen (secondary N) is 2. The lowest BCUT2D eigenvalue weighted by atomic mass is 9.86. The monoisotopic (exact) mass is 608 g/mol. The van der Waals surface area contributed by atoms with Crippen molar-refractivity contribution in [3.63, 3.8) is 0 Å². The molecule has 1 aromatic heterocycles. The number of nitrogens with zero attached hydrogens (tertiary/aromatic N) is 2. The number of hydrogen-bond donors (Lipinski definition) is 3. The van der Waals surface area contributed by atoms with Crippen molar-refractivity contribution in [2.45, 2.75) is 77.1 Å². The summed E-state index contributed by atoms with van der Waals surface area (Å²) < 4.78 is 5.62. The van der Waals surface area contributed by atoms with Gasteiger partial charge >= 0.3 is 0 Å². The van der Waals surface area contributed by atoms with Gasteiger partial charge in [0.05, 0.1) is 17.8 Å². The van der Waals surface area contributed by atoms with Crippen molar-refractivity contribution in [2.24, 2.45) is 0 Å². The number of rotatable bonds is 11. The summed E-state index contributed by atoms with van der Waals surface area (Å²) in [5.41, 5.74) is 5.01. The zero-order valence-electron chi connectivity index (χ0n) is 26.6. The number of aliphatic hydroxyl groups excluding tert-OH is 1. The predicted octanol–water partition coefficient (Wildman–Crippen LogP) is 5.75. The molecule has 3 atom stereocenters. The first-order chi connectivity index (χ1) is 21.6. The summed E-state index contributed by atoms with van der Waals surface area (Å²) in [5.74, 6) is 0.0351. The van der Waals surface area contributed by atoms with Gasteiger partial charge in [-0.05, 0) is 66.5 Å². The summed E-state index contributed by atoms with van der Waals surface area (Å²) in [7, 11) is 0. The summed E-state index contributed by atoms with van der Waals surface area (Å²) in [6.45, 7) is 9.92. The highest BCUT2D eigenvalue weighted by Crippen LogP contribution is 2.32. The molecule has 1 aliphatic heterocycles. The summed E-state index contributed by atoms with van der Waals surface area (Å²) >= 11 is 0. The van der Waals surface area contributed by atoms with Gasteiger partial charge in [-0.3, -0.25) is 9.59 Å². The zero-order valence-corrected chi connectivity index (χ0v) is 26.6. The van der Waals surface area contributed by atoms with E-state index in [0.717, 1.165) is 29.7 Å². The van der Waals surface area contributed by atoms with Crippen LogP contribution in [0.15, 0.2) is 89.5 Å². The number of benzene rings is 3. The Labute approximate surface area is 265 Å². The lowest BCUT2D eigenvalue weighted by Crippen LogP contribution is -2.48. The van der Waals surface area contributed by atoms with Crippen molar-refractivity contribution in [3.8, 4) is 0 Å². The van der Waals surface area contributed by atoms with Crippen LogP contribution in [0.2, 0.25) is 0 Å². The van der Waals surface area contributed by atoms with Crippen LogP contribution in [-0.4, -0.2) is 52.0 Å². The van der Waals surface area contributed by atoms with Crippen LogP contribution in [0.5, 0.6) is 0 Å². The summed E-state index contributed by atoms with van der Waals surface area (Å²) in [4.78, 5) is 33.4. The van der Waals surface area contributed by atoms with E-state index in [1.54, 1.807) is 35.4 Å². The molecular weight excluding hydrogens is 564 g/mol. The molecule has 2 amide bonds. The number of amides is 2. The highest BCUT2D eigenvalue weighted by molar-refractivity contribution is 6.00. The van der Waals surface area contributed by atoms with E-state index in [2.05, 4.69) is 60.7 Å². The number of carbonyl (C=O) groups excluding carboxylic acids is 2. The number of aromatic nitrogens is 1. The molecule has 0 radical (unpaired) electrons. The molecule has 1 aliphatic rings. The van der Waals surface area contributed by atoms with E-state index in [-0.39, 0.29) is 23.3 Å². The van der Waals surface area contributed by atoms with Crippen LogP contribution in [0.4, 0.5) is 0 Å². The van der Waals surface area contributed by atoms with Gasteiger partial charge in [0.25, 0.3) is 11.8 Å². The Balaban J connectivity index is 1.26. The van der Waals surface area contributed by atoms with E-state index in [1.165, 1.54) is 5.56 Å². The van der Waals surface area contributed by atoms with Crippen molar-refractivity contribution in [3.05, 3.63) is 125 Å². The van der Waals surface area contributed by atoms with Crippen molar-refractivity contribution in [2.75, 3.05) is 13.1 Å². The van der Waals surface area contributed by atoms with Crippen LogP contribution < -0.4 is 10.6 Å². The quantitative estimate of drug-likeness (QED) is 0.200. The molecule has 5 rings (SSSR count). The molecule has 3 aromatic carbocycles. The lowest BCUT2D eigenvalue weighted by molar-refractivity contribution is 0.0715. The van der Waals surface area contributed by atoms with Gasteiger partial charge < -0.3 is 25.1 Å². The second kappa shape index (κ2) is 14.2. The number of likely N-dealkylation sites (tertiary alicyclic amines) is 1. The van der Waals surface area contributed by atoms with Gasteiger partial charge in [-0.2, -0.15) is 0 Å². The minimum absolute atomic E-state index is 0.0500. The molecule has 0 spiro atoms. The van der Waals surface area contributed by atoms with Gasteiger partial charge in [0, 0.05) is 30.8 Å². The molecule has 1 fully saturated rings. The SMILES string of the molecule is Cc1coc(C2CCCN2C(=O)c2cccc(C(=O)NC(Cc3ccccc3)C(O)CNCc3cccc(C(C)(C)C)c3)c2)n1. The molecule has 3 unspecified atom stereocenters. The molecule has 1 saturated heterocycles. The maximum atomic E-state index is 13.6. The Morgan fingerprint density at radius 1 is 1.00 bits per heavy atom. The summed E-state index contributed by atoms with van der Waals surface area (Å²) in [6, 6.07) is 24.2. The lowest BCUT2D eigenvalue weighted by Gasteiger charge is -2.25. The fraction of sp³-hybridized carbons (Fsp3) is 0.378. The Bertz CT molecular complexity index is 1590. The van der Waals surface area contributed by atoms with Crippen LogP contribution in [0.1, 0.15) is 88.6 Å². The number of aliphatic hydroxyl groups is 1. The van der Waals surface area contributed by atoms with Crippen LogP contribution in [0, 0.1) is 6.92 Å². The third kappa shape index (κ3) is 8.26. The van der Waals surface area contributed by atoms with Gasteiger partial charge in [0.15, 0.2) is 0 Å². The first-order valence-electron chi connectivity index (χ1n) is 15.7. The van der Waals surface area contributed by atoms with Gasteiger partial charge in [-0.1, -0.05) is 81.4 Å². The van der Waals surface area contributed by atoms with E-state index >= 15 is 0 Å². The minimum atomic E-state index is -0.848. The standard InChI is InChI=1S/C37H44N4O4/c1-25-24-45-35(39-25)32-17-10-18-41(32)36(44)29-15-9-14-28(21-29)34(43)40-31(20-26-11-6-5-7-12-26)33(42)23-38-22-27-13-8-16-30(19-27)37(2,3)4/h5-9,11-16,19,21,24,31-33,38,42H,10,17-18,20,22-23H2,1-4H3,(H,40,43). The molecule has 45 heavy (non-hydrogen) atoms. The maximum absolute atomic E-state index is 13.6. The molecule has 0 bridgehead atoms. The first-order valence-corrected chi connectivity index (χ1v) is 15.7. The van der Waals surface area contributed by atoms with E-state index in [1.807, 2.05) is 37.3 Å². The topological polar surface area (TPSA) is 108 Å². The maximum Gasteiger partial charge on any atom is 0.254 e. The van der Waals surface area contributed by atoms with Crippen LogP contribution >= 0.6 is 0 Å².